The van der Waals surface area contributed by atoms with Gasteiger partial charge in [-0.05, 0) is 50.2 Å². The van der Waals surface area contributed by atoms with Crippen LogP contribution in [0, 0.1) is 13.8 Å². The maximum atomic E-state index is 13.8. The number of methoxy groups -OCH3 is 1. The van der Waals surface area contributed by atoms with E-state index in [0.29, 0.717) is 18.3 Å². The van der Waals surface area contributed by atoms with Gasteiger partial charge in [0.15, 0.2) is 0 Å². The maximum Gasteiger partial charge on any atom is 0.330 e. The lowest BCUT2D eigenvalue weighted by Gasteiger charge is -2.37. The fourth-order valence-corrected chi connectivity index (χ4v) is 5.47. The molecule has 1 aromatic heterocycles. The van der Waals surface area contributed by atoms with Crippen LogP contribution in [-0.4, -0.2) is 78.9 Å². The highest BCUT2D eigenvalue weighted by molar-refractivity contribution is 6.06. The summed E-state index contributed by atoms with van der Waals surface area (Å²) in [6.07, 6.45) is 1.75. The molecule has 5 rings (SSSR count). The number of carbonyl (C=O) groups is 2. The first-order valence-electron chi connectivity index (χ1n) is 13.8. The van der Waals surface area contributed by atoms with Gasteiger partial charge in [0.2, 0.25) is 5.95 Å². The van der Waals surface area contributed by atoms with E-state index < -0.39 is 5.97 Å². The number of nitrogens with zero attached hydrogens (tertiary/aromatic N) is 6. The lowest BCUT2D eigenvalue weighted by atomic mass is 10.1. The van der Waals surface area contributed by atoms with Gasteiger partial charge in [-0.1, -0.05) is 18.2 Å². The number of hydrogen-bond acceptors (Lipinski definition) is 9. The van der Waals surface area contributed by atoms with Crippen molar-refractivity contribution in [3.63, 3.8) is 0 Å². The molecule has 0 saturated carbocycles. The Hall–Kier alpha value is -4.22. The predicted molar refractivity (Wildman–Crippen MR) is 159 cm³/mol. The summed E-state index contributed by atoms with van der Waals surface area (Å²) < 4.78 is 4.84. The van der Waals surface area contributed by atoms with Gasteiger partial charge in [-0.15, -0.1) is 0 Å². The minimum atomic E-state index is -0.409. The number of rotatable bonds is 8. The number of urea groups is 1. The number of anilines is 5. The average Bonchev–Trinajstić information content (AvgIpc) is 2.97. The summed E-state index contributed by atoms with van der Waals surface area (Å²) in [7, 11) is 3.44. The number of aryl methyl sites for hydroxylation is 2. The first-order chi connectivity index (χ1) is 19.8. The number of aliphatic hydroxyl groups is 1. The van der Waals surface area contributed by atoms with E-state index >= 15 is 0 Å². The molecule has 2 N–H and O–H groups in total. The molecule has 0 bridgehead atoms. The molecule has 1 saturated heterocycles. The van der Waals surface area contributed by atoms with Gasteiger partial charge in [0.25, 0.3) is 0 Å². The molecule has 0 aliphatic carbocycles. The lowest BCUT2D eigenvalue weighted by molar-refractivity contribution is -0.140. The summed E-state index contributed by atoms with van der Waals surface area (Å²) in [4.78, 5) is 42.9. The number of carbonyl (C=O) groups excluding carboxylic acids is 2. The van der Waals surface area contributed by atoms with Crippen molar-refractivity contribution >= 4 is 40.8 Å². The summed E-state index contributed by atoms with van der Waals surface area (Å²) in [5.74, 6) is 0.361. The second-order valence-corrected chi connectivity index (χ2v) is 10.5. The molecule has 1 fully saturated rings. The Morgan fingerprint density at radius 3 is 2.51 bits per heavy atom. The molecule has 11 nitrogen and oxygen atoms in total. The van der Waals surface area contributed by atoms with Crippen molar-refractivity contribution < 1.29 is 19.4 Å². The first-order valence-corrected chi connectivity index (χ1v) is 13.8. The second-order valence-electron chi connectivity index (χ2n) is 10.5. The van der Waals surface area contributed by atoms with E-state index in [2.05, 4.69) is 27.1 Å². The Morgan fingerprint density at radius 2 is 1.83 bits per heavy atom. The van der Waals surface area contributed by atoms with Crippen molar-refractivity contribution in [2.45, 2.75) is 33.4 Å². The van der Waals surface area contributed by atoms with Crippen LogP contribution in [-0.2, 0) is 22.7 Å². The number of hydrogen-bond donors (Lipinski definition) is 2. The van der Waals surface area contributed by atoms with E-state index in [1.165, 1.54) is 12.0 Å². The SMILES string of the molecule is COC(=O)CCN1C(=O)N(c2c(C)cccc2C)Cc2cnc(Nc3ccc(N4CCN(C)CC4)c(CO)c3)nc21. The van der Waals surface area contributed by atoms with Crippen LogP contribution in [0.1, 0.15) is 28.7 Å². The Morgan fingerprint density at radius 1 is 1.10 bits per heavy atom. The monoisotopic (exact) mass is 559 g/mol. The smallest absolute Gasteiger partial charge is 0.330 e. The van der Waals surface area contributed by atoms with E-state index in [4.69, 9.17) is 9.72 Å². The van der Waals surface area contributed by atoms with Crippen molar-refractivity contribution in [2.75, 3.05) is 66.9 Å². The molecule has 3 aromatic rings. The molecular formula is C30H37N7O4. The van der Waals surface area contributed by atoms with Crippen LogP contribution in [0.25, 0.3) is 0 Å². The Labute approximate surface area is 240 Å². The highest BCUT2D eigenvalue weighted by Crippen LogP contribution is 2.35. The molecule has 0 atom stereocenters. The highest BCUT2D eigenvalue weighted by Gasteiger charge is 2.34. The van der Waals surface area contributed by atoms with Crippen molar-refractivity contribution in [1.82, 2.24) is 14.9 Å². The Balaban J connectivity index is 1.44. The Bertz CT molecular complexity index is 1420. The van der Waals surface area contributed by atoms with Gasteiger partial charge < -0.3 is 25.0 Å². The molecule has 2 aliphatic rings. The van der Waals surface area contributed by atoms with Gasteiger partial charge in [0, 0.05) is 61.4 Å². The van der Waals surface area contributed by atoms with Gasteiger partial charge in [0.05, 0.1) is 32.4 Å². The van der Waals surface area contributed by atoms with Crippen LogP contribution in [0.15, 0.2) is 42.6 Å². The van der Waals surface area contributed by atoms with Gasteiger partial charge in [0.1, 0.15) is 5.82 Å². The number of nitrogens with one attached hydrogen (secondary N) is 1. The molecule has 0 radical (unpaired) electrons. The van der Waals surface area contributed by atoms with Gasteiger partial charge >= 0.3 is 12.0 Å². The molecule has 2 aromatic carbocycles. The van der Waals surface area contributed by atoms with Crippen LogP contribution in [0.3, 0.4) is 0 Å². The quantitative estimate of drug-likeness (QED) is 0.400. The number of para-hydroxylation sites is 1. The summed E-state index contributed by atoms with van der Waals surface area (Å²) in [6, 6.07) is 11.5. The van der Waals surface area contributed by atoms with E-state index in [9.17, 15) is 14.7 Å². The van der Waals surface area contributed by atoms with Gasteiger partial charge in [-0.25, -0.2) is 9.78 Å². The molecular weight excluding hydrogens is 522 g/mol. The molecule has 0 spiro atoms. The third-order valence-corrected chi connectivity index (χ3v) is 7.71. The molecule has 41 heavy (non-hydrogen) atoms. The highest BCUT2D eigenvalue weighted by atomic mass is 16.5. The number of piperazine rings is 1. The van der Waals surface area contributed by atoms with E-state index in [1.54, 1.807) is 11.1 Å². The minimum absolute atomic E-state index is 0.0304. The van der Waals surface area contributed by atoms with Gasteiger partial charge in [-0.3, -0.25) is 14.6 Å². The standard InChI is InChI=1S/C30H37N7O4/c1-20-6-5-7-21(2)27(20)37-18-23-17-31-29(33-28(23)36(30(37)40)11-10-26(39)41-4)32-24-8-9-25(22(16-24)19-38)35-14-12-34(3)13-15-35/h5-9,16-17,38H,10-15,18-19H2,1-4H3,(H,31,32,33). The van der Waals surface area contributed by atoms with Crippen molar-refractivity contribution in [3.05, 3.63) is 64.8 Å². The van der Waals surface area contributed by atoms with Crippen LogP contribution >= 0.6 is 0 Å². The number of esters is 1. The van der Waals surface area contributed by atoms with Crippen molar-refractivity contribution in [1.29, 1.82) is 0 Å². The minimum Gasteiger partial charge on any atom is -0.469 e. The first kappa shape index (κ1) is 28.3. The molecule has 2 amide bonds. The lowest BCUT2D eigenvalue weighted by Crippen LogP contribution is -2.49. The van der Waals surface area contributed by atoms with E-state index in [-0.39, 0.29) is 25.6 Å². The fraction of sp³-hybridized carbons (Fsp3) is 0.400. The number of fused-ring (bicyclic) bond motifs is 1. The number of likely N-dealkylation sites (N-methyl/N-ethyl adjacent to an activating group) is 1. The van der Waals surface area contributed by atoms with E-state index in [0.717, 1.165) is 65.5 Å². The molecule has 2 aliphatic heterocycles. The third kappa shape index (κ3) is 5.96. The largest absolute Gasteiger partial charge is 0.469 e. The Kier molecular flexibility index (Phi) is 8.36. The molecule has 216 valence electrons. The average molecular weight is 560 g/mol. The maximum absolute atomic E-state index is 13.8. The van der Waals surface area contributed by atoms with Crippen LogP contribution < -0.4 is 20.0 Å². The van der Waals surface area contributed by atoms with Gasteiger partial charge in [-0.2, -0.15) is 4.98 Å². The van der Waals surface area contributed by atoms with Crippen molar-refractivity contribution in [2.24, 2.45) is 0 Å². The van der Waals surface area contributed by atoms with Crippen LogP contribution in [0.5, 0.6) is 0 Å². The summed E-state index contributed by atoms with van der Waals surface area (Å²) in [6.45, 7) is 8.03. The number of ether oxygens (including phenoxy) is 1. The fourth-order valence-electron chi connectivity index (χ4n) is 5.47. The van der Waals surface area contributed by atoms with Crippen LogP contribution in [0.4, 0.5) is 33.6 Å². The third-order valence-electron chi connectivity index (χ3n) is 7.71. The second kappa shape index (κ2) is 12.1. The molecule has 11 heteroatoms. The molecule has 0 unspecified atom stereocenters. The molecule has 3 heterocycles. The normalized spacial score (nSPS) is 15.6. The summed E-state index contributed by atoms with van der Waals surface area (Å²) in [5.41, 5.74) is 6.13. The number of aromatic nitrogens is 2. The van der Waals surface area contributed by atoms with Crippen molar-refractivity contribution in [3.8, 4) is 0 Å². The number of aliphatic hydroxyl groups excluding tert-OH is 1. The predicted octanol–water partition coefficient (Wildman–Crippen LogP) is 3.59. The summed E-state index contributed by atoms with van der Waals surface area (Å²) in [5, 5.41) is 13.3. The van der Waals surface area contributed by atoms with Crippen LogP contribution in [0.2, 0.25) is 0 Å². The number of amides is 2. The topological polar surface area (TPSA) is 114 Å². The zero-order valence-corrected chi connectivity index (χ0v) is 24.1. The zero-order chi connectivity index (χ0) is 29.1. The zero-order valence-electron chi connectivity index (χ0n) is 24.1. The van der Waals surface area contributed by atoms with E-state index in [1.807, 2.05) is 50.2 Å². The number of benzene rings is 2. The summed E-state index contributed by atoms with van der Waals surface area (Å²) >= 11 is 0.